The molecule has 1 aromatic heterocycles. The third kappa shape index (κ3) is 5.09. The van der Waals surface area contributed by atoms with Gasteiger partial charge in [0.25, 0.3) is 0 Å². The Bertz CT molecular complexity index is 929. The van der Waals surface area contributed by atoms with E-state index < -0.39 is 23.4 Å². The number of nitrogens with zero attached hydrogens (tertiary/aromatic N) is 3. The maximum atomic E-state index is 13.2. The number of carbonyl (C=O) groups is 1. The topological polar surface area (TPSA) is 64.5 Å². The van der Waals surface area contributed by atoms with E-state index in [4.69, 9.17) is 21.1 Å². The number of amides is 1. The predicted molar refractivity (Wildman–Crippen MR) is 98.9 cm³/mol. The summed E-state index contributed by atoms with van der Waals surface area (Å²) in [5.74, 6) is -0.438. The molecule has 6 nitrogen and oxygen atoms in total. The zero-order chi connectivity index (χ0) is 21.4. The second-order valence-electron chi connectivity index (χ2n) is 7.47. The van der Waals surface area contributed by atoms with Crippen LogP contribution in [-0.4, -0.2) is 33.1 Å². The summed E-state index contributed by atoms with van der Waals surface area (Å²) in [4.78, 5) is 21.8. The summed E-state index contributed by atoms with van der Waals surface area (Å²) in [6.45, 7) is 5.64. The van der Waals surface area contributed by atoms with Crippen molar-refractivity contribution < 1.29 is 27.4 Å². The highest BCUT2D eigenvalue weighted by atomic mass is 35.5. The molecular formula is C19H19ClF3N3O3. The number of hydrogen-bond acceptors (Lipinski definition) is 5. The Morgan fingerprint density at radius 2 is 1.86 bits per heavy atom. The van der Waals surface area contributed by atoms with Gasteiger partial charge in [-0.25, -0.2) is 9.78 Å². The normalized spacial score (nSPS) is 14.4. The van der Waals surface area contributed by atoms with Crippen molar-refractivity contribution in [2.24, 2.45) is 0 Å². The molecule has 0 aliphatic carbocycles. The molecule has 1 aliphatic heterocycles. The first kappa shape index (κ1) is 21.2. The van der Waals surface area contributed by atoms with Crippen LogP contribution >= 0.6 is 11.6 Å². The summed E-state index contributed by atoms with van der Waals surface area (Å²) in [5, 5.41) is -0.186. The second-order valence-corrected chi connectivity index (χ2v) is 7.81. The van der Waals surface area contributed by atoms with Gasteiger partial charge in [0, 0.05) is 12.1 Å². The summed E-state index contributed by atoms with van der Waals surface area (Å²) in [5.41, 5.74) is -0.668. The number of benzene rings is 1. The minimum Gasteiger partial charge on any atom is -0.444 e. The van der Waals surface area contributed by atoms with Crippen LogP contribution in [0.15, 0.2) is 24.3 Å². The van der Waals surface area contributed by atoms with E-state index in [1.54, 1.807) is 20.8 Å². The van der Waals surface area contributed by atoms with Crippen molar-refractivity contribution in [3.63, 3.8) is 0 Å². The number of hydrogen-bond donors (Lipinski definition) is 0. The van der Waals surface area contributed by atoms with Crippen molar-refractivity contribution in [3.05, 3.63) is 46.4 Å². The van der Waals surface area contributed by atoms with Crippen LogP contribution in [0.4, 0.5) is 18.0 Å². The lowest BCUT2D eigenvalue weighted by Crippen LogP contribution is -2.40. The van der Waals surface area contributed by atoms with E-state index in [0.717, 1.165) is 6.07 Å². The molecule has 0 saturated heterocycles. The predicted octanol–water partition coefficient (Wildman–Crippen LogP) is 5.23. The highest BCUT2D eigenvalue weighted by Crippen LogP contribution is 2.39. The van der Waals surface area contributed by atoms with E-state index in [1.807, 2.05) is 0 Å². The van der Waals surface area contributed by atoms with Gasteiger partial charge < -0.3 is 14.4 Å². The van der Waals surface area contributed by atoms with E-state index in [-0.39, 0.29) is 36.4 Å². The van der Waals surface area contributed by atoms with Crippen molar-refractivity contribution in [2.75, 3.05) is 6.54 Å². The number of carbonyl (C=O) groups excluding carboxylic acids is 1. The molecule has 0 fully saturated rings. The quantitative estimate of drug-likeness (QED) is 0.611. The first-order valence-corrected chi connectivity index (χ1v) is 9.19. The minimum absolute atomic E-state index is 0.0551. The second kappa shape index (κ2) is 7.70. The third-order valence-electron chi connectivity index (χ3n) is 4.05. The fourth-order valence-electron chi connectivity index (χ4n) is 2.83. The van der Waals surface area contributed by atoms with Crippen LogP contribution < -0.4 is 4.74 Å². The number of fused-ring (bicyclic) bond motifs is 1. The van der Waals surface area contributed by atoms with E-state index in [2.05, 4.69) is 9.97 Å². The molecule has 0 radical (unpaired) electrons. The maximum absolute atomic E-state index is 13.2. The number of alkyl halides is 3. The molecule has 0 bridgehead atoms. The number of aromatic nitrogens is 2. The van der Waals surface area contributed by atoms with Gasteiger partial charge in [0.1, 0.15) is 11.4 Å². The van der Waals surface area contributed by atoms with Gasteiger partial charge in [0.05, 0.1) is 17.8 Å². The molecule has 156 valence electrons. The standard InChI is InChI=1S/C19H19ClF3N3O3/c1-18(2,3)29-17(27)26-9-8-11-13(10-26)24-16(20)25-15(11)28-14-7-5-4-6-12(14)19(21,22)23/h4-7H,8-10H2,1-3H3. The fourth-order valence-corrected chi connectivity index (χ4v) is 3.01. The van der Waals surface area contributed by atoms with Crippen LogP contribution in [0.5, 0.6) is 11.6 Å². The molecule has 1 aliphatic rings. The third-order valence-corrected chi connectivity index (χ3v) is 4.22. The molecule has 0 N–H and O–H groups in total. The largest absolute Gasteiger partial charge is 0.444 e. The van der Waals surface area contributed by atoms with Gasteiger partial charge in [-0.05, 0) is 50.9 Å². The lowest BCUT2D eigenvalue weighted by Gasteiger charge is -2.31. The highest BCUT2D eigenvalue weighted by Gasteiger charge is 2.35. The SMILES string of the molecule is CC(C)(C)OC(=O)N1CCc2c(nc(Cl)nc2Oc2ccccc2C(F)(F)F)C1. The molecule has 0 spiro atoms. The molecule has 2 aromatic rings. The summed E-state index contributed by atoms with van der Waals surface area (Å²) < 4.78 is 50.6. The summed E-state index contributed by atoms with van der Waals surface area (Å²) >= 11 is 5.95. The molecule has 0 saturated carbocycles. The van der Waals surface area contributed by atoms with Gasteiger partial charge in [-0.1, -0.05) is 12.1 Å². The van der Waals surface area contributed by atoms with Gasteiger partial charge >= 0.3 is 12.3 Å². The summed E-state index contributed by atoms with van der Waals surface area (Å²) in [7, 11) is 0. The van der Waals surface area contributed by atoms with Crippen molar-refractivity contribution in [2.45, 2.75) is 45.5 Å². The highest BCUT2D eigenvalue weighted by molar-refractivity contribution is 6.28. The van der Waals surface area contributed by atoms with E-state index in [0.29, 0.717) is 11.3 Å². The van der Waals surface area contributed by atoms with Crippen LogP contribution in [0, 0.1) is 0 Å². The van der Waals surface area contributed by atoms with Crippen molar-refractivity contribution in [3.8, 4) is 11.6 Å². The lowest BCUT2D eigenvalue weighted by molar-refractivity contribution is -0.138. The fraction of sp³-hybridized carbons (Fsp3) is 0.421. The van der Waals surface area contributed by atoms with Crippen molar-refractivity contribution in [1.82, 2.24) is 14.9 Å². The van der Waals surface area contributed by atoms with Crippen LogP contribution in [0.25, 0.3) is 0 Å². The molecule has 10 heteroatoms. The van der Waals surface area contributed by atoms with Gasteiger partial charge in [-0.15, -0.1) is 0 Å². The van der Waals surface area contributed by atoms with Crippen LogP contribution in [0.2, 0.25) is 5.28 Å². The van der Waals surface area contributed by atoms with E-state index >= 15 is 0 Å². The number of ether oxygens (including phenoxy) is 2. The summed E-state index contributed by atoms with van der Waals surface area (Å²) in [6.07, 6.45) is -4.81. The van der Waals surface area contributed by atoms with Crippen molar-refractivity contribution >= 4 is 17.7 Å². The first-order valence-electron chi connectivity index (χ1n) is 8.81. The maximum Gasteiger partial charge on any atom is 0.419 e. The molecule has 3 rings (SSSR count). The first-order chi connectivity index (χ1) is 13.4. The molecule has 2 heterocycles. The number of para-hydroxylation sites is 1. The Hall–Kier alpha value is -2.55. The average molecular weight is 430 g/mol. The Morgan fingerprint density at radius 3 is 2.52 bits per heavy atom. The minimum atomic E-state index is -4.58. The summed E-state index contributed by atoms with van der Waals surface area (Å²) in [6, 6.07) is 4.84. The molecule has 1 aromatic carbocycles. The Balaban J connectivity index is 1.89. The average Bonchev–Trinajstić information content (AvgIpc) is 2.59. The molecule has 0 atom stereocenters. The number of rotatable bonds is 2. The van der Waals surface area contributed by atoms with Crippen LogP contribution in [0.1, 0.15) is 37.6 Å². The zero-order valence-corrected chi connectivity index (χ0v) is 16.8. The Kier molecular flexibility index (Phi) is 5.62. The van der Waals surface area contributed by atoms with Crippen molar-refractivity contribution in [1.29, 1.82) is 0 Å². The Labute approximate surface area is 170 Å². The van der Waals surface area contributed by atoms with Crippen LogP contribution in [0.3, 0.4) is 0 Å². The molecular weight excluding hydrogens is 411 g/mol. The van der Waals surface area contributed by atoms with Gasteiger partial charge in [-0.2, -0.15) is 18.2 Å². The smallest absolute Gasteiger partial charge is 0.419 e. The number of halogens is 4. The van der Waals surface area contributed by atoms with Gasteiger partial charge in [0.15, 0.2) is 0 Å². The van der Waals surface area contributed by atoms with Gasteiger partial charge in [-0.3, -0.25) is 0 Å². The lowest BCUT2D eigenvalue weighted by atomic mass is 10.1. The monoisotopic (exact) mass is 429 g/mol. The van der Waals surface area contributed by atoms with E-state index in [9.17, 15) is 18.0 Å². The molecule has 29 heavy (non-hydrogen) atoms. The van der Waals surface area contributed by atoms with Crippen LogP contribution in [-0.2, 0) is 23.9 Å². The molecule has 0 unspecified atom stereocenters. The van der Waals surface area contributed by atoms with E-state index in [1.165, 1.54) is 23.1 Å². The molecule has 1 amide bonds. The Morgan fingerprint density at radius 1 is 1.17 bits per heavy atom. The van der Waals surface area contributed by atoms with Gasteiger partial charge in [0.2, 0.25) is 11.2 Å². The zero-order valence-electron chi connectivity index (χ0n) is 16.0.